The molecule has 1 aromatic carbocycles. The molecule has 2 rings (SSSR count). The van der Waals surface area contributed by atoms with Crippen LogP contribution in [0.3, 0.4) is 0 Å². The van der Waals surface area contributed by atoms with Crippen molar-refractivity contribution in [1.29, 1.82) is 0 Å². The summed E-state index contributed by atoms with van der Waals surface area (Å²) in [5.41, 5.74) is 1.15. The molecule has 1 aromatic rings. The zero-order valence-corrected chi connectivity index (χ0v) is 13.8. The van der Waals surface area contributed by atoms with E-state index >= 15 is 0 Å². The molecule has 0 saturated carbocycles. The van der Waals surface area contributed by atoms with E-state index < -0.39 is 0 Å². The maximum absolute atomic E-state index is 12.4. The second kappa shape index (κ2) is 7.01. The van der Waals surface area contributed by atoms with Gasteiger partial charge in [-0.2, -0.15) is 11.8 Å². The number of hydrogen-bond donors (Lipinski definition) is 2. The molecule has 22 heavy (non-hydrogen) atoms. The highest BCUT2D eigenvalue weighted by Crippen LogP contribution is 2.35. The van der Waals surface area contributed by atoms with Gasteiger partial charge in [0.05, 0.1) is 0 Å². The summed E-state index contributed by atoms with van der Waals surface area (Å²) in [7, 11) is 0. The highest BCUT2D eigenvalue weighted by Gasteiger charge is 2.29. The van der Waals surface area contributed by atoms with Gasteiger partial charge in [0.1, 0.15) is 0 Å². The van der Waals surface area contributed by atoms with Crippen molar-refractivity contribution in [2.45, 2.75) is 37.5 Å². The smallest absolute Gasteiger partial charge is 0.251 e. The molecule has 4 nitrogen and oxygen atoms in total. The molecule has 1 atom stereocenters. The van der Waals surface area contributed by atoms with Crippen molar-refractivity contribution in [3.63, 3.8) is 0 Å². The molecule has 1 heterocycles. The summed E-state index contributed by atoms with van der Waals surface area (Å²) in [6.45, 7) is 7.83. The van der Waals surface area contributed by atoms with Crippen molar-refractivity contribution in [3.05, 3.63) is 42.5 Å². The van der Waals surface area contributed by atoms with Gasteiger partial charge in [0, 0.05) is 22.0 Å². The topological polar surface area (TPSA) is 58.2 Å². The van der Waals surface area contributed by atoms with Crippen LogP contribution in [0.25, 0.3) is 0 Å². The first-order valence-corrected chi connectivity index (χ1v) is 8.36. The summed E-state index contributed by atoms with van der Waals surface area (Å²) in [6, 6.07) is 7.14. The van der Waals surface area contributed by atoms with Gasteiger partial charge in [0.15, 0.2) is 0 Å². The highest BCUT2D eigenvalue weighted by molar-refractivity contribution is 8.00. The van der Waals surface area contributed by atoms with E-state index in [1.807, 2.05) is 11.8 Å². The average molecular weight is 318 g/mol. The number of amides is 2. The lowest BCUT2D eigenvalue weighted by Gasteiger charge is -2.35. The second-order valence-electron chi connectivity index (χ2n) is 6.05. The number of thioether (sulfide) groups is 1. The molecular formula is C17H22N2O2S. The van der Waals surface area contributed by atoms with Crippen LogP contribution >= 0.6 is 11.8 Å². The fraction of sp³-hybridized carbons (Fsp3) is 0.412. The van der Waals surface area contributed by atoms with Crippen LogP contribution in [0, 0.1) is 0 Å². The largest absolute Gasteiger partial charge is 0.349 e. The summed E-state index contributed by atoms with van der Waals surface area (Å²) >= 11 is 1.95. The number of nitrogens with one attached hydrogen (secondary N) is 2. The van der Waals surface area contributed by atoms with Crippen molar-refractivity contribution in [1.82, 2.24) is 5.32 Å². The minimum absolute atomic E-state index is 0.0950. The molecule has 1 unspecified atom stereocenters. The molecule has 0 bridgehead atoms. The monoisotopic (exact) mass is 318 g/mol. The maximum Gasteiger partial charge on any atom is 0.251 e. The first kappa shape index (κ1) is 16.6. The van der Waals surface area contributed by atoms with Crippen LogP contribution in [0.2, 0.25) is 0 Å². The molecule has 2 amide bonds. The number of anilines is 1. The highest BCUT2D eigenvalue weighted by atomic mass is 32.2. The molecule has 0 spiro atoms. The molecule has 5 heteroatoms. The van der Waals surface area contributed by atoms with Gasteiger partial charge in [-0.3, -0.25) is 9.59 Å². The number of rotatable bonds is 4. The minimum atomic E-state index is -0.288. The van der Waals surface area contributed by atoms with Crippen LogP contribution in [0.15, 0.2) is 36.9 Å². The van der Waals surface area contributed by atoms with Crippen molar-refractivity contribution < 1.29 is 9.59 Å². The summed E-state index contributed by atoms with van der Waals surface area (Å²) in [5, 5.41) is 5.76. The van der Waals surface area contributed by atoms with Gasteiger partial charge in [0.2, 0.25) is 5.91 Å². The predicted octanol–water partition coefficient (Wildman–Crippen LogP) is 3.22. The number of carbonyl (C=O) groups excluding carboxylic acids is 2. The predicted molar refractivity (Wildman–Crippen MR) is 92.3 cm³/mol. The Morgan fingerprint density at radius 1 is 1.41 bits per heavy atom. The van der Waals surface area contributed by atoms with E-state index in [0.717, 1.165) is 18.6 Å². The maximum atomic E-state index is 12.4. The first-order valence-electron chi connectivity index (χ1n) is 7.38. The lowest BCUT2D eigenvalue weighted by Crippen LogP contribution is -2.42. The molecule has 0 aliphatic carbocycles. The molecule has 1 aliphatic heterocycles. The summed E-state index contributed by atoms with van der Waals surface area (Å²) in [5.74, 6) is 0.680. The van der Waals surface area contributed by atoms with Crippen LogP contribution < -0.4 is 10.6 Å². The number of carbonyl (C=O) groups is 2. The van der Waals surface area contributed by atoms with Gasteiger partial charge < -0.3 is 10.6 Å². The van der Waals surface area contributed by atoms with E-state index in [0.29, 0.717) is 11.3 Å². The lowest BCUT2D eigenvalue weighted by molar-refractivity contribution is -0.111. The molecule has 1 saturated heterocycles. The molecular weight excluding hydrogens is 296 g/mol. The average Bonchev–Trinajstić information content (AvgIpc) is 2.46. The van der Waals surface area contributed by atoms with E-state index in [1.165, 1.54) is 6.08 Å². The van der Waals surface area contributed by atoms with Crippen LogP contribution in [-0.2, 0) is 4.79 Å². The van der Waals surface area contributed by atoms with Crippen molar-refractivity contribution in [3.8, 4) is 0 Å². The standard InChI is InChI=1S/C17H22N2O2S/c1-4-15(20)18-13-7-5-6-12(10-13)16(21)19-14-8-9-22-17(2,3)11-14/h4-7,10,14H,1,8-9,11H2,2-3H3,(H,18,20)(H,19,21). The Balaban J connectivity index is 2.01. The SMILES string of the molecule is C=CC(=O)Nc1cccc(C(=O)NC2CCSC(C)(C)C2)c1. The fourth-order valence-electron chi connectivity index (χ4n) is 2.56. The first-order chi connectivity index (χ1) is 10.4. The van der Waals surface area contributed by atoms with Crippen molar-refractivity contribution >= 4 is 29.3 Å². The van der Waals surface area contributed by atoms with Crippen LogP contribution in [0.5, 0.6) is 0 Å². The van der Waals surface area contributed by atoms with E-state index in [4.69, 9.17) is 0 Å². The summed E-state index contributed by atoms with van der Waals surface area (Å²) in [6.07, 6.45) is 3.16. The normalized spacial score (nSPS) is 20.0. The van der Waals surface area contributed by atoms with E-state index in [-0.39, 0.29) is 22.6 Å². The Labute approximate surface area is 135 Å². The quantitative estimate of drug-likeness (QED) is 0.838. The molecule has 0 radical (unpaired) electrons. The van der Waals surface area contributed by atoms with Crippen LogP contribution in [0.1, 0.15) is 37.0 Å². The third kappa shape index (κ3) is 4.63. The number of benzene rings is 1. The van der Waals surface area contributed by atoms with E-state index in [9.17, 15) is 9.59 Å². The van der Waals surface area contributed by atoms with Gasteiger partial charge in [-0.1, -0.05) is 26.5 Å². The molecule has 1 aliphatic rings. The van der Waals surface area contributed by atoms with Crippen LogP contribution in [-0.4, -0.2) is 28.4 Å². The minimum Gasteiger partial charge on any atom is -0.349 e. The zero-order chi connectivity index (χ0) is 16.2. The fourth-order valence-corrected chi connectivity index (χ4v) is 3.83. The van der Waals surface area contributed by atoms with Crippen molar-refractivity contribution in [2.24, 2.45) is 0 Å². The third-order valence-corrected chi connectivity index (χ3v) is 5.00. The van der Waals surface area contributed by atoms with Gasteiger partial charge in [-0.15, -0.1) is 0 Å². The summed E-state index contributed by atoms with van der Waals surface area (Å²) in [4.78, 5) is 23.7. The Hall–Kier alpha value is -1.75. The van der Waals surface area contributed by atoms with Gasteiger partial charge in [0.25, 0.3) is 5.91 Å². The Morgan fingerprint density at radius 3 is 2.86 bits per heavy atom. The summed E-state index contributed by atoms with van der Waals surface area (Å²) < 4.78 is 0.204. The van der Waals surface area contributed by atoms with Gasteiger partial charge in [-0.05, 0) is 42.9 Å². The molecule has 118 valence electrons. The van der Waals surface area contributed by atoms with Gasteiger partial charge >= 0.3 is 0 Å². The van der Waals surface area contributed by atoms with E-state index in [2.05, 4.69) is 31.1 Å². The molecule has 1 fully saturated rings. The lowest BCUT2D eigenvalue weighted by atomic mass is 9.99. The van der Waals surface area contributed by atoms with E-state index in [1.54, 1.807) is 24.3 Å². The molecule has 0 aromatic heterocycles. The van der Waals surface area contributed by atoms with Crippen LogP contribution in [0.4, 0.5) is 5.69 Å². The second-order valence-corrected chi connectivity index (χ2v) is 7.85. The molecule has 2 N–H and O–H groups in total. The Bertz CT molecular complexity index is 584. The Morgan fingerprint density at radius 2 is 2.18 bits per heavy atom. The van der Waals surface area contributed by atoms with Crippen molar-refractivity contribution in [2.75, 3.05) is 11.1 Å². The van der Waals surface area contributed by atoms with Gasteiger partial charge in [-0.25, -0.2) is 0 Å². The Kier molecular flexibility index (Phi) is 5.29. The third-order valence-electron chi connectivity index (χ3n) is 3.61. The number of hydrogen-bond acceptors (Lipinski definition) is 3. The zero-order valence-electron chi connectivity index (χ0n) is 13.0.